The molecule has 0 atom stereocenters. The van der Waals surface area contributed by atoms with Crippen molar-refractivity contribution in [2.45, 2.75) is 32.1 Å². The second-order valence-electron chi connectivity index (χ2n) is 4.08. The lowest BCUT2D eigenvalue weighted by Gasteiger charge is -2.06. The molecule has 0 fully saturated rings. The minimum Gasteiger partial charge on any atom is -0.481 e. The molecular weight excluding hydrogens is 363 g/mol. The van der Waals surface area contributed by atoms with Crippen molar-refractivity contribution in [1.82, 2.24) is 0 Å². The molecule has 19 heavy (non-hydrogen) atoms. The van der Waals surface area contributed by atoms with Gasteiger partial charge in [-0.2, -0.15) is 0 Å². The molecule has 0 aliphatic carbocycles. The molecule has 0 bridgehead atoms. The molecule has 0 unspecified atom stereocenters. The van der Waals surface area contributed by atoms with Gasteiger partial charge in [0.15, 0.2) is 0 Å². The summed E-state index contributed by atoms with van der Waals surface area (Å²) in [5, 5.41) is 8.38. The Balaban J connectivity index is 2.93. The third-order valence-corrected chi connectivity index (χ3v) is 3.14. The maximum Gasteiger partial charge on any atom is 0.305 e. The van der Waals surface area contributed by atoms with Crippen molar-refractivity contribution in [3.05, 3.63) is 0 Å². The first-order valence-corrected chi connectivity index (χ1v) is 8.31. The van der Waals surface area contributed by atoms with Crippen molar-refractivity contribution >= 4 is 28.6 Å². The molecule has 0 saturated carbocycles. The van der Waals surface area contributed by atoms with E-state index in [4.69, 9.17) is 19.3 Å². The molecule has 0 aliphatic heterocycles. The van der Waals surface area contributed by atoms with Crippen LogP contribution in [0.3, 0.4) is 0 Å². The first-order valence-electron chi connectivity index (χ1n) is 6.78. The monoisotopic (exact) mass is 388 g/mol. The second-order valence-corrected chi connectivity index (χ2v) is 5.16. The van der Waals surface area contributed by atoms with E-state index in [0.717, 1.165) is 13.0 Å². The van der Waals surface area contributed by atoms with E-state index in [-0.39, 0.29) is 13.0 Å². The molecule has 5 nitrogen and oxygen atoms in total. The summed E-state index contributed by atoms with van der Waals surface area (Å²) in [5.74, 6) is -0.840. The van der Waals surface area contributed by atoms with Crippen molar-refractivity contribution in [1.29, 1.82) is 0 Å². The molecule has 1 N–H and O–H groups in total. The molecule has 0 aromatic heterocycles. The van der Waals surface area contributed by atoms with Gasteiger partial charge in [-0.1, -0.05) is 35.4 Å². The zero-order valence-corrected chi connectivity index (χ0v) is 13.6. The van der Waals surface area contributed by atoms with E-state index in [2.05, 4.69) is 22.6 Å². The minimum atomic E-state index is -0.840. The Morgan fingerprint density at radius 3 is 1.89 bits per heavy atom. The van der Waals surface area contributed by atoms with Gasteiger partial charge in [0.1, 0.15) is 0 Å². The van der Waals surface area contributed by atoms with Gasteiger partial charge < -0.3 is 19.3 Å². The van der Waals surface area contributed by atoms with Gasteiger partial charge >= 0.3 is 5.97 Å². The fourth-order valence-corrected chi connectivity index (χ4v) is 1.89. The third-order valence-electron chi connectivity index (χ3n) is 2.38. The van der Waals surface area contributed by atoms with Gasteiger partial charge in [-0.25, -0.2) is 0 Å². The minimum absolute atomic E-state index is 0.0423. The number of carbonyl (C=O) groups is 1. The number of ether oxygens (including phenoxy) is 3. The van der Waals surface area contributed by atoms with Crippen LogP contribution in [0.15, 0.2) is 0 Å². The molecular formula is C13H25IO5. The quantitative estimate of drug-likeness (QED) is 0.265. The van der Waals surface area contributed by atoms with Crippen LogP contribution in [0.4, 0.5) is 0 Å². The van der Waals surface area contributed by atoms with E-state index in [9.17, 15) is 4.79 Å². The van der Waals surface area contributed by atoms with Crippen molar-refractivity contribution in [2.75, 3.05) is 44.1 Å². The summed E-state index contributed by atoms with van der Waals surface area (Å²) in [6.45, 7) is 3.14. The van der Waals surface area contributed by atoms with Gasteiger partial charge in [0.25, 0.3) is 0 Å². The van der Waals surface area contributed by atoms with Gasteiger partial charge in [-0.05, 0) is 17.3 Å². The van der Waals surface area contributed by atoms with Gasteiger partial charge in [-0.15, -0.1) is 0 Å². The molecule has 0 rings (SSSR count). The van der Waals surface area contributed by atoms with Crippen LogP contribution in [0.1, 0.15) is 32.1 Å². The Morgan fingerprint density at radius 2 is 1.32 bits per heavy atom. The number of halogens is 1. The van der Waals surface area contributed by atoms with E-state index in [1.807, 2.05) is 0 Å². The molecule has 0 spiro atoms. The Hall–Kier alpha value is 0.0800. The van der Waals surface area contributed by atoms with Crippen molar-refractivity contribution in [2.24, 2.45) is 0 Å². The SMILES string of the molecule is O=C(O)CCOCCOCCOCCCCCCI. The number of unbranched alkanes of at least 4 members (excludes halogenated alkanes) is 3. The molecule has 0 radical (unpaired) electrons. The Labute approximate surface area is 129 Å². The Kier molecular flexibility index (Phi) is 16.2. The number of carboxylic acid groups (broad SMARTS) is 1. The number of carboxylic acids is 1. The van der Waals surface area contributed by atoms with Crippen molar-refractivity contribution in [3.63, 3.8) is 0 Å². The molecule has 0 aromatic carbocycles. The summed E-state index contributed by atoms with van der Waals surface area (Å²) in [6, 6.07) is 0. The Bertz CT molecular complexity index is 201. The predicted octanol–water partition coefficient (Wildman–Crippen LogP) is 2.51. The summed E-state index contributed by atoms with van der Waals surface area (Å²) in [5.41, 5.74) is 0. The average molecular weight is 388 g/mol. The van der Waals surface area contributed by atoms with E-state index in [1.54, 1.807) is 0 Å². The van der Waals surface area contributed by atoms with Crippen LogP contribution in [-0.2, 0) is 19.0 Å². The molecule has 0 saturated heterocycles. The largest absolute Gasteiger partial charge is 0.481 e. The molecule has 114 valence electrons. The highest BCUT2D eigenvalue weighted by molar-refractivity contribution is 14.1. The zero-order valence-electron chi connectivity index (χ0n) is 11.4. The average Bonchev–Trinajstić information content (AvgIpc) is 2.39. The highest BCUT2D eigenvalue weighted by atomic mass is 127. The van der Waals surface area contributed by atoms with E-state index >= 15 is 0 Å². The lowest BCUT2D eigenvalue weighted by Crippen LogP contribution is -2.11. The molecule has 6 heteroatoms. The van der Waals surface area contributed by atoms with E-state index in [1.165, 1.54) is 23.7 Å². The normalized spacial score (nSPS) is 10.8. The third kappa shape index (κ3) is 18.1. The maximum atomic E-state index is 10.2. The fraction of sp³-hybridized carbons (Fsp3) is 0.923. The highest BCUT2D eigenvalue weighted by Gasteiger charge is 1.96. The molecule has 0 aliphatic rings. The summed E-state index contributed by atoms with van der Waals surface area (Å²) < 4.78 is 17.0. The van der Waals surface area contributed by atoms with Crippen molar-refractivity contribution in [3.8, 4) is 0 Å². The first-order chi connectivity index (χ1) is 9.27. The first kappa shape index (κ1) is 19.1. The smallest absolute Gasteiger partial charge is 0.305 e. The maximum absolute atomic E-state index is 10.2. The lowest BCUT2D eigenvalue weighted by molar-refractivity contribution is -0.138. The number of alkyl halides is 1. The predicted molar refractivity (Wildman–Crippen MR) is 82.1 cm³/mol. The number of aliphatic carboxylic acids is 1. The zero-order chi connectivity index (χ0) is 14.2. The van der Waals surface area contributed by atoms with E-state index < -0.39 is 5.97 Å². The van der Waals surface area contributed by atoms with Crippen LogP contribution in [0.2, 0.25) is 0 Å². The van der Waals surface area contributed by atoms with Crippen LogP contribution in [0, 0.1) is 0 Å². The number of hydrogen-bond donors (Lipinski definition) is 1. The molecule has 0 aromatic rings. The Morgan fingerprint density at radius 1 is 0.789 bits per heavy atom. The summed E-state index contributed by atoms with van der Waals surface area (Å²) in [6.07, 6.45) is 4.99. The van der Waals surface area contributed by atoms with Crippen LogP contribution < -0.4 is 0 Å². The number of rotatable bonds is 15. The molecule has 0 amide bonds. The lowest BCUT2D eigenvalue weighted by atomic mass is 10.2. The van der Waals surface area contributed by atoms with Gasteiger partial charge in [-0.3, -0.25) is 4.79 Å². The topological polar surface area (TPSA) is 65.0 Å². The van der Waals surface area contributed by atoms with E-state index in [0.29, 0.717) is 26.4 Å². The van der Waals surface area contributed by atoms with Crippen LogP contribution in [0.25, 0.3) is 0 Å². The second kappa shape index (κ2) is 16.1. The summed E-state index contributed by atoms with van der Waals surface area (Å²) in [4.78, 5) is 10.2. The highest BCUT2D eigenvalue weighted by Crippen LogP contribution is 2.02. The summed E-state index contributed by atoms with van der Waals surface area (Å²) >= 11 is 2.40. The fourth-order valence-electron chi connectivity index (χ4n) is 1.35. The standard InChI is InChI=1S/C13H25IO5/c14-6-3-1-2-4-7-17-9-11-19-12-10-18-8-5-13(15)16/h1-12H2,(H,15,16). The van der Waals surface area contributed by atoms with Crippen LogP contribution in [-0.4, -0.2) is 55.1 Å². The van der Waals surface area contributed by atoms with Crippen LogP contribution >= 0.6 is 22.6 Å². The van der Waals surface area contributed by atoms with Crippen molar-refractivity contribution < 1.29 is 24.1 Å². The summed E-state index contributed by atoms with van der Waals surface area (Å²) in [7, 11) is 0. The number of hydrogen-bond acceptors (Lipinski definition) is 4. The van der Waals surface area contributed by atoms with Crippen LogP contribution in [0.5, 0.6) is 0 Å². The van der Waals surface area contributed by atoms with Gasteiger partial charge in [0, 0.05) is 6.61 Å². The molecule has 0 heterocycles. The van der Waals surface area contributed by atoms with Gasteiger partial charge in [0.2, 0.25) is 0 Å². The van der Waals surface area contributed by atoms with Gasteiger partial charge in [0.05, 0.1) is 39.5 Å².